The molecular formula is C9H16N2O2. The van der Waals surface area contributed by atoms with Crippen LogP contribution in [0.1, 0.15) is 19.3 Å². The van der Waals surface area contributed by atoms with Crippen molar-refractivity contribution in [3.8, 4) is 0 Å². The average Bonchev–Trinajstić information content (AvgIpc) is 2.71. The quantitative estimate of drug-likeness (QED) is 0.630. The highest BCUT2D eigenvalue weighted by Crippen LogP contribution is 2.15. The van der Waals surface area contributed by atoms with Gasteiger partial charge in [0.05, 0.1) is 12.5 Å². The summed E-state index contributed by atoms with van der Waals surface area (Å²) in [6.45, 7) is 3.25. The van der Waals surface area contributed by atoms with Crippen LogP contribution in [-0.4, -0.2) is 37.2 Å². The van der Waals surface area contributed by atoms with Crippen LogP contribution in [0.2, 0.25) is 0 Å². The summed E-state index contributed by atoms with van der Waals surface area (Å²) in [6, 6.07) is 0. The van der Waals surface area contributed by atoms with E-state index in [9.17, 15) is 4.79 Å². The Morgan fingerprint density at radius 3 is 3.00 bits per heavy atom. The molecule has 0 bridgehead atoms. The van der Waals surface area contributed by atoms with Crippen LogP contribution in [0.3, 0.4) is 0 Å². The molecule has 2 rings (SSSR count). The summed E-state index contributed by atoms with van der Waals surface area (Å²) in [5.74, 6) is 0.322. The highest BCUT2D eigenvalue weighted by atomic mass is 16.7. The van der Waals surface area contributed by atoms with E-state index in [1.54, 1.807) is 5.06 Å². The lowest BCUT2D eigenvalue weighted by atomic mass is 10.1. The number of nitrogens with one attached hydrogen (secondary N) is 1. The van der Waals surface area contributed by atoms with E-state index in [-0.39, 0.29) is 11.8 Å². The Kier molecular flexibility index (Phi) is 2.80. The van der Waals surface area contributed by atoms with Gasteiger partial charge in [0.15, 0.2) is 0 Å². The van der Waals surface area contributed by atoms with Crippen molar-refractivity contribution >= 4 is 5.91 Å². The molecule has 1 atom stereocenters. The van der Waals surface area contributed by atoms with E-state index >= 15 is 0 Å². The van der Waals surface area contributed by atoms with Gasteiger partial charge >= 0.3 is 0 Å². The highest BCUT2D eigenvalue weighted by molar-refractivity contribution is 5.78. The molecule has 0 aromatic carbocycles. The van der Waals surface area contributed by atoms with E-state index in [2.05, 4.69) is 5.32 Å². The lowest BCUT2D eigenvalue weighted by molar-refractivity contribution is -0.200. The maximum absolute atomic E-state index is 11.8. The second-order valence-electron chi connectivity index (χ2n) is 3.67. The van der Waals surface area contributed by atoms with Crippen LogP contribution in [0.15, 0.2) is 0 Å². The number of hydroxylamine groups is 2. The van der Waals surface area contributed by atoms with Crippen LogP contribution in [0.5, 0.6) is 0 Å². The van der Waals surface area contributed by atoms with Crippen molar-refractivity contribution in [3.63, 3.8) is 0 Å². The minimum atomic E-state index is 0.151. The smallest absolute Gasteiger partial charge is 0.250 e. The van der Waals surface area contributed by atoms with Crippen LogP contribution in [-0.2, 0) is 9.63 Å². The Bertz CT molecular complexity index is 184. The fourth-order valence-electron chi connectivity index (χ4n) is 1.84. The predicted molar refractivity (Wildman–Crippen MR) is 47.9 cm³/mol. The molecule has 2 fully saturated rings. The highest BCUT2D eigenvalue weighted by Gasteiger charge is 2.28. The molecule has 1 N–H and O–H groups in total. The summed E-state index contributed by atoms with van der Waals surface area (Å²) in [6.07, 6.45) is 3.11. The zero-order chi connectivity index (χ0) is 9.10. The molecule has 0 aromatic heterocycles. The third kappa shape index (κ3) is 2.00. The molecule has 1 unspecified atom stereocenters. The molecule has 1 amide bonds. The fourth-order valence-corrected chi connectivity index (χ4v) is 1.84. The van der Waals surface area contributed by atoms with Crippen LogP contribution < -0.4 is 5.32 Å². The van der Waals surface area contributed by atoms with Crippen molar-refractivity contribution < 1.29 is 9.63 Å². The van der Waals surface area contributed by atoms with Gasteiger partial charge in [-0.15, -0.1) is 0 Å². The molecule has 74 valence electrons. The Balaban J connectivity index is 1.87. The number of carbonyl (C=O) groups is 1. The summed E-state index contributed by atoms with van der Waals surface area (Å²) >= 11 is 0. The summed E-state index contributed by atoms with van der Waals surface area (Å²) in [5.41, 5.74) is 0. The first kappa shape index (κ1) is 8.97. The second-order valence-corrected chi connectivity index (χ2v) is 3.67. The topological polar surface area (TPSA) is 41.6 Å². The minimum absolute atomic E-state index is 0.151. The lowest BCUT2D eigenvalue weighted by Crippen LogP contribution is -2.40. The molecule has 2 saturated heterocycles. The fraction of sp³-hybridized carbons (Fsp3) is 0.889. The Morgan fingerprint density at radius 2 is 2.38 bits per heavy atom. The number of hydrogen-bond acceptors (Lipinski definition) is 3. The predicted octanol–water partition coefficient (Wildman–Crippen LogP) is 0.150. The van der Waals surface area contributed by atoms with Crippen LogP contribution >= 0.6 is 0 Å². The molecule has 2 aliphatic heterocycles. The number of amides is 1. The molecule has 13 heavy (non-hydrogen) atoms. The number of rotatable bonds is 1. The van der Waals surface area contributed by atoms with Crippen molar-refractivity contribution in [2.75, 3.05) is 26.2 Å². The van der Waals surface area contributed by atoms with Gasteiger partial charge in [-0.05, 0) is 25.8 Å². The SMILES string of the molecule is O=C(C1CCNC1)N1CCCCO1. The zero-order valence-electron chi connectivity index (χ0n) is 7.79. The molecule has 2 aliphatic rings. The summed E-state index contributed by atoms with van der Waals surface area (Å²) in [4.78, 5) is 17.1. The molecule has 0 saturated carbocycles. The molecule has 0 aromatic rings. The van der Waals surface area contributed by atoms with Crippen LogP contribution in [0.4, 0.5) is 0 Å². The minimum Gasteiger partial charge on any atom is -0.316 e. The third-order valence-electron chi connectivity index (χ3n) is 2.66. The number of hydrogen-bond donors (Lipinski definition) is 1. The van der Waals surface area contributed by atoms with Crippen molar-refractivity contribution in [2.45, 2.75) is 19.3 Å². The molecule has 4 nitrogen and oxygen atoms in total. The van der Waals surface area contributed by atoms with E-state index in [4.69, 9.17) is 4.84 Å². The van der Waals surface area contributed by atoms with Gasteiger partial charge in [0.2, 0.25) is 0 Å². The van der Waals surface area contributed by atoms with Crippen molar-refractivity contribution in [3.05, 3.63) is 0 Å². The summed E-state index contributed by atoms with van der Waals surface area (Å²) in [7, 11) is 0. The maximum Gasteiger partial charge on any atom is 0.250 e. The maximum atomic E-state index is 11.8. The monoisotopic (exact) mass is 184 g/mol. The van der Waals surface area contributed by atoms with Crippen LogP contribution in [0.25, 0.3) is 0 Å². The molecule has 2 heterocycles. The van der Waals surface area contributed by atoms with Gasteiger partial charge in [-0.2, -0.15) is 0 Å². The van der Waals surface area contributed by atoms with Gasteiger partial charge in [-0.1, -0.05) is 0 Å². The van der Waals surface area contributed by atoms with Gasteiger partial charge in [0, 0.05) is 13.1 Å². The Morgan fingerprint density at radius 1 is 1.46 bits per heavy atom. The molecular weight excluding hydrogens is 168 g/mol. The Labute approximate surface area is 78.2 Å². The molecule has 4 heteroatoms. The first-order chi connectivity index (χ1) is 6.38. The zero-order valence-corrected chi connectivity index (χ0v) is 7.79. The van der Waals surface area contributed by atoms with Crippen molar-refractivity contribution in [2.24, 2.45) is 5.92 Å². The summed E-state index contributed by atoms with van der Waals surface area (Å²) < 4.78 is 0. The van der Waals surface area contributed by atoms with Gasteiger partial charge < -0.3 is 5.32 Å². The average molecular weight is 184 g/mol. The van der Waals surface area contributed by atoms with E-state index in [0.29, 0.717) is 6.61 Å². The van der Waals surface area contributed by atoms with E-state index in [1.807, 2.05) is 0 Å². The van der Waals surface area contributed by atoms with E-state index < -0.39 is 0 Å². The largest absolute Gasteiger partial charge is 0.316 e. The Hall–Kier alpha value is -0.610. The second kappa shape index (κ2) is 4.07. The van der Waals surface area contributed by atoms with Gasteiger partial charge in [0.1, 0.15) is 0 Å². The van der Waals surface area contributed by atoms with E-state index in [1.165, 1.54) is 0 Å². The first-order valence-electron chi connectivity index (χ1n) is 5.03. The van der Waals surface area contributed by atoms with Crippen LogP contribution in [0, 0.1) is 5.92 Å². The number of nitrogens with zero attached hydrogens (tertiary/aromatic N) is 1. The molecule has 0 radical (unpaired) electrons. The standard InChI is InChI=1S/C9H16N2O2/c12-9(8-3-4-10-7-8)11-5-1-2-6-13-11/h8,10H,1-7H2. The molecule has 0 spiro atoms. The van der Waals surface area contributed by atoms with Gasteiger partial charge in [-0.25, -0.2) is 5.06 Å². The van der Waals surface area contributed by atoms with Crippen molar-refractivity contribution in [1.82, 2.24) is 10.4 Å². The normalized spacial score (nSPS) is 29.2. The van der Waals surface area contributed by atoms with Crippen molar-refractivity contribution in [1.29, 1.82) is 0 Å². The van der Waals surface area contributed by atoms with Gasteiger partial charge in [-0.3, -0.25) is 9.63 Å². The number of carbonyl (C=O) groups excluding carboxylic acids is 1. The molecule has 0 aliphatic carbocycles. The lowest BCUT2D eigenvalue weighted by Gasteiger charge is -2.27. The first-order valence-corrected chi connectivity index (χ1v) is 5.03. The summed E-state index contributed by atoms with van der Waals surface area (Å²) in [5, 5.41) is 4.75. The van der Waals surface area contributed by atoms with Gasteiger partial charge in [0.25, 0.3) is 5.91 Å². The van der Waals surface area contributed by atoms with E-state index in [0.717, 1.165) is 38.9 Å². The third-order valence-corrected chi connectivity index (χ3v) is 2.66.